The number of hydrazine groups is 1. The Labute approximate surface area is 229 Å². The lowest BCUT2D eigenvalue weighted by Crippen LogP contribution is -2.55. The number of β-amino-alcohol motifs (C(OH)–C–C–N with tert-alkyl or cyclic N) is 1. The Kier molecular flexibility index (Phi) is 8.18. The molecule has 1 saturated carbocycles. The van der Waals surface area contributed by atoms with Gasteiger partial charge in [0.25, 0.3) is 5.91 Å². The summed E-state index contributed by atoms with van der Waals surface area (Å²) in [5.74, 6) is -1.24. The van der Waals surface area contributed by atoms with Gasteiger partial charge in [-0.05, 0) is 49.9 Å². The van der Waals surface area contributed by atoms with Crippen LogP contribution in [0, 0.1) is 18.6 Å². The van der Waals surface area contributed by atoms with Crippen LogP contribution in [0.25, 0.3) is 10.9 Å². The number of aliphatic hydroxyl groups excluding tert-OH is 1. The number of piperazine rings is 1. The van der Waals surface area contributed by atoms with Gasteiger partial charge in [-0.3, -0.25) is 19.9 Å². The van der Waals surface area contributed by atoms with Gasteiger partial charge in [0.15, 0.2) is 0 Å². The number of aliphatic hydroxyl groups is 1. The lowest BCUT2D eigenvalue weighted by atomic mass is 9.92. The van der Waals surface area contributed by atoms with Crippen molar-refractivity contribution < 1.29 is 23.4 Å². The van der Waals surface area contributed by atoms with Gasteiger partial charge >= 0.3 is 0 Å². The fourth-order valence-electron chi connectivity index (χ4n) is 4.93. The summed E-state index contributed by atoms with van der Waals surface area (Å²) < 4.78 is 35.3. The Morgan fingerprint density at radius 2 is 1.90 bits per heavy atom. The lowest BCUT2D eigenvalue weighted by Gasteiger charge is -2.35. The van der Waals surface area contributed by atoms with Crippen molar-refractivity contribution in [2.45, 2.75) is 38.3 Å². The van der Waals surface area contributed by atoms with E-state index in [0.29, 0.717) is 49.6 Å². The number of halogens is 3. The molecule has 0 unspecified atom stereocenters. The number of pyridine rings is 1. The summed E-state index contributed by atoms with van der Waals surface area (Å²) in [7, 11) is 0. The molecule has 5 rings (SSSR count). The number of aryl methyl sites for hydroxylation is 1. The summed E-state index contributed by atoms with van der Waals surface area (Å²) in [6.45, 7) is 4.17. The standard InChI is InChI=1S/C28H31ClF2N4O4/c1-17-5-6-20(11-24(17)30)39-16-19(36)14-33-7-9-34(10-8-33)32-28(38)22-15-35(18-3-2-4-18)26-13-23(29)25(31)12-21(26)27(22)37/h5-6,11-13,15,18-19,36H,2-4,7-10,14,16H2,1H3,(H,32,38)/t19-/m1/s1. The molecule has 208 valence electrons. The molecule has 1 aromatic heterocycles. The summed E-state index contributed by atoms with van der Waals surface area (Å²) in [5, 5.41) is 12.2. The maximum absolute atomic E-state index is 14.2. The minimum atomic E-state index is -0.771. The van der Waals surface area contributed by atoms with E-state index >= 15 is 0 Å². The van der Waals surface area contributed by atoms with Crippen LogP contribution in [0.15, 0.2) is 41.3 Å². The van der Waals surface area contributed by atoms with E-state index in [9.17, 15) is 23.5 Å². The first-order chi connectivity index (χ1) is 18.7. The van der Waals surface area contributed by atoms with Crippen molar-refractivity contribution in [3.63, 3.8) is 0 Å². The Morgan fingerprint density at radius 1 is 1.15 bits per heavy atom. The number of carbonyl (C=O) groups excluding carboxylic acids is 1. The van der Waals surface area contributed by atoms with Gasteiger partial charge in [-0.15, -0.1) is 0 Å². The average Bonchev–Trinajstić information content (AvgIpc) is 2.87. The molecule has 2 aliphatic rings. The van der Waals surface area contributed by atoms with E-state index in [1.165, 1.54) is 12.1 Å². The van der Waals surface area contributed by atoms with Gasteiger partial charge in [-0.2, -0.15) is 0 Å². The minimum Gasteiger partial charge on any atom is -0.491 e. The number of benzene rings is 2. The zero-order chi connectivity index (χ0) is 27.7. The van der Waals surface area contributed by atoms with Gasteiger partial charge in [0.05, 0.1) is 10.5 Å². The largest absolute Gasteiger partial charge is 0.491 e. The highest BCUT2D eigenvalue weighted by atomic mass is 35.5. The molecule has 2 N–H and O–H groups in total. The second-order valence-electron chi connectivity index (χ2n) is 10.3. The van der Waals surface area contributed by atoms with Gasteiger partial charge in [-0.25, -0.2) is 13.8 Å². The molecule has 1 saturated heterocycles. The molecule has 3 aromatic rings. The summed E-state index contributed by atoms with van der Waals surface area (Å²) >= 11 is 5.99. The third-order valence-electron chi connectivity index (χ3n) is 7.47. The zero-order valence-corrected chi connectivity index (χ0v) is 22.4. The molecule has 0 radical (unpaired) electrons. The molecular weight excluding hydrogens is 530 g/mol. The Hall–Kier alpha value is -3.05. The van der Waals surface area contributed by atoms with E-state index in [4.69, 9.17) is 16.3 Å². The maximum atomic E-state index is 14.2. The Balaban J connectivity index is 1.18. The molecule has 0 spiro atoms. The molecular formula is C28H31ClF2N4O4. The number of ether oxygens (including phenoxy) is 1. The van der Waals surface area contributed by atoms with Crippen molar-refractivity contribution in [2.24, 2.45) is 0 Å². The first kappa shape index (κ1) is 27.5. The van der Waals surface area contributed by atoms with Gasteiger partial charge in [0, 0.05) is 56.4 Å². The highest BCUT2D eigenvalue weighted by Crippen LogP contribution is 2.34. The van der Waals surface area contributed by atoms with Crippen molar-refractivity contribution in [1.29, 1.82) is 0 Å². The quantitative estimate of drug-likeness (QED) is 0.437. The van der Waals surface area contributed by atoms with E-state index < -0.39 is 23.3 Å². The van der Waals surface area contributed by atoms with Crippen LogP contribution < -0.4 is 15.6 Å². The van der Waals surface area contributed by atoms with E-state index in [1.807, 2.05) is 9.47 Å². The van der Waals surface area contributed by atoms with Gasteiger partial charge in [0.1, 0.15) is 35.7 Å². The number of aromatic nitrogens is 1. The van der Waals surface area contributed by atoms with Gasteiger partial charge in [-0.1, -0.05) is 17.7 Å². The number of hydrogen-bond donors (Lipinski definition) is 2. The monoisotopic (exact) mass is 560 g/mol. The molecule has 2 aromatic carbocycles. The third-order valence-corrected chi connectivity index (χ3v) is 7.76. The summed E-state index contributed by atoms with van der Waals surface area (Å²) in [6, 6.07) is 7.27. The van der Waals surface area contributed by atoms with Crippen LogP contribution in [-0.4, -0.2) is 70.9 Å². The lowest BCUT2D eigenvalue weighted by molar-refractivity contribution is 0.0316. The normalized spacial score (nSPS) is 17.7. The first-order valence-corrected chi connectivity index (χ1v) is 13.5. The molecule has 8 nitrogen and oxygen atoms in total. The summed E-state index contributed by atoms with van der Waals surface area (Å²) in [4.78, 5) is 28.3. The predicted octanol–water partition coefficient (Wildman–Crippen LogP) is 3.67. The number of hydrogen-bond acceptors (Lipinski definition) is 6. The number of amides is 1. The maximum Gasteiger partial charge on any atom is 0.271 e. The third kappa shape index (κ3) is 6.09. The van der Waals surface area contributed by atoms with Crippen LogP contribution in [0.5, 0.6) is 5.75 Å². The van der Waals surface area contributed by atoms with Crippen LogP contribution in [-0.2, 0) is 0 Å². The molecule has 11 heteroatoms. The fraction of sp³-hybridized carbons (Fsp3) is 0.429. The zero-order valence-electron chi connectivity index (χ0n) is 21.6. The number of rotatable bonds is 8. The van der Waals surface area contributed by atoms with Gasteiger partial charge < -0.3 is 14.4 Å². The average molecular weight is 561 g/mol. The van der Waals surface area contributed by atoms with Crippen LogP contribution >= 0.6 is 11.6 Å². The smallest absolute Gasteiger partial charge is 0.271 e. The first-order valence-electron chi connectivity index (χ1n) is 13.1. The van der Waals surface area contributed by atoms with Crippen molar-refractivity contribution in [1.82, 2.24) is 19.9 Å². The van der Waals surface area contributed by atoms with E-state index in [0.717, 1.165) is 25.3 Å². The molecule has 2 fully saturated rings. The van der Waals surface area contributed by atoms with Crippen molar-refractivity contribution in [3.05, 3.63) is 74.5 Å². The molecule has 1 amide bonds. The SMILES string of the molecule is Cc1ccc(OC[C@H](O)CN2CCN(NC(=O)c3cn(C4CCC4)c4cc(Cl)c(F)cc4c3=O)CC2)cc1F. The molecule has 39 heavy (non-hydrogen) atoms. The van der Waals surface area contributed by atoms with E-state index in [1.54, 1.807) is 30.3 Å². The summed E-state index contributed by atoms with van der Waals surface area (Å²) in [6.07, 6.45) is 3.66. The predicted molar refractivity (Wildman–Crippen MR) is 144 cm³/mol. The molecule has 2 heterocycles. The number of fused-ring (bicyclic) bond motifs is 1. The highest BCUT2D eigenvalue weighted by Gasteiger charge is 2.26. The highest BCUT2D eigenvalue weighted by molar-refractivity contribution is 6.31. The topological polar surface area (TPSA) is 87.0 Å². The molecule has 1 aliphatic heterocycles. The Bertz CT molecular complexity index is 1440. The molecule has 1 atom stereocenters. The van der Waals surface area contributed by atoms with E-state index in [-0.39, 0.29) is 34.4 Å². The molecule has 1 aliphatic carbocycles. The van der Waals surface area contributed by atoms with E-state index in [2.05, 4.69) is 5.43 Å². The number of carbonyl (C=O) groups is 1. The number of nitrogens with zero attached hydrogens (tertiary/aromatic N) is 3. The second-order valence-corrected chi connectivity index (χ2v) is 10.7. The van der Waals surface area contributed by atoms with Crippen molar-refractivity contribution >= 4 is 28.4 Å². The van der Waals surface area contributed by atoms with Crippen LogP contribution in [0.4, 0.5) is 8.78 Å². The summed E-state index contributed by atoms with van der Waals surface area (Å²) in [5.41, 5.74) is 3.28. The second kappa shape index (κ2) is 11.6. The molecule has 0 bridgehead atoms. The van der Waals surface area contributed by atoms with Crippen LogP contribution in [0.2, 0.25) is 5.02 Å². The van der Waals surface area contributed by atoms with Crippen molar-refractivity contribution in [3.8, 4) is 5.75 Å². The minimum absolute atomic E-state index is 0.0283. The Morgan fingerprint density at radius 3 is 2.56 bits per heavy atom. The van der Waals surface area contributed by atoms with Gasteiger partial charge in [0.2, 0.25) is 5.43 Å². The fourth-order valence-corrected chi connectivity index (χ4v) is 5.08. The van der Waals surface area contributed by atoms with Crippen LogP contribution in [0.3, 0.4) is 0 Å². The van der Waals surface area contributed by atoms with Crippen molar-refractivity contribution in [2.75, 3.05) is 39.3 Å². The van der Waals surface area contributed by atoms with Crippen LogP contribution in [0.1, 0.15) is 41.2 Å². The number of nitrogens with one attached hydrogen (secondary N) is 1.